The Morgan fingerprint density at radius 3 is 2.69 bits per heavy atom. The Kier molecular flexibility index (Phi) is 3.66. The molecule has 2 rings (SSSR count). The molecule has 1 heterocycles. The van der Waals surface area contributed by atoms with Crippen LogP contribution in [-0.2, 0) is 4.74 Å². The lowest BCUT2D eigenvalue weighted by molar-refractivity contribution is 0.0283. The Morgan fingerprint density at radius 1 is 1.44 bits per heavy atom. The standard InChI is InChI=1S/C11H22N4O/c1-11(4-6-16-7-5-11)8-13-10(15-12)14-9-2-3-9/h9H,2-8,12H2,1H3,(H2,13,14,15). The average molecular weight is 226 g/mol. The van der Waals surface area contributed by atoms with Crippen LogP contribution in [0.4, 0.5) is 0 Å². The van der Waals surface area contributed by atoms with Crippen LogP contribution in [0.25, 0.3) is 0 Å². The molecule has 1 saturated carbocycles. The molecule has 2 aliphatic rings. The molecular formula is C11H22N4O. The normalized spacial score (nSPS) is 25.2. The second-order valence-electron chi connectivity index (χ2n) is 5.15. The fraction of sp³-hybridized carbons (Fsp3) is 0.909. The van der Waals surface area contributed by atoms with E-state index in [-0.39, 0.29) is 5.41 Å². The van der Waals surface area contributed by atoms with E-state index in [9.17, 15) is 0 Å². The summed E-state index contributed by atoms with van der Waals surface area (Å²) >= 11 is 0. The molecule has 0 aromatic heterocycles. The molecule has 92 valence electrons. The van der Waals surface area contributed by atoms with Crippen LogP contribution in [0, 0.1) is 5.41 Å². The highest BCUT2D eigenvalue weighted by Crippen LogP contribution is 2.29. The first-order valence-electron chi connectivity index (χ1n) is 6.07. The van der Waals surface area contributed by atoms with E-state index in [1.807, 2.05) is 0 Å². The Balaban J connectivity index is 1.83. The van der Waals surface area contributed by atoms with Crippen molar-refractivity contribution < 1.29 is 4.74 Å². The topological polar surface area (TPSA) is 71.7 Å². The lowest BCUT2D eigenvalue weighted by Crippen LogP contribution is -2.43. The Labute approximate surface area is 96.8 Å². The number of rotatable bonds is 3. The highest BCUT2D eigenvalue weighted by molar-refractivity contribution is 5.79. The van der Waals surface area contributed by atoms with Crippen molar-refractivity contribution in [3.05, 3.63) is 0 Å². The minimum atomic E-state index is 0.269. The van der Waals surface area contributed by atoms with Gasteiger partial charge in [0, 0.05) is 25.8 Å². The molecule has 0 spiro atoms. The molecule has 0 aromatic carbocycles. The first-order valence-corrected chi connectivity index (χ1v) is 6.07. The summed E-state index contributed by atoms with van der Waals surface area (Å²) in [4.78, 5) is 4.53. The van der Waals surface area contributed by atoms with Gasteiger partial charge in [0.15, 0.2) is 0 Å². The summed E-state index contributed by atoms with van der Waals surface area (Å²) in [6.07, 6.45) is 4.62. The number of hydrazine groups is 1. The van der Waals surface area contributed by atoms with Crippen molar-refractivity contribution in [1.82, 2.24) is 10.7 Å². The minimum Gasteiger partial charge on any atom is -0.381 e. The summed E-state index contributed by atoms with van der Waals surface area (Å²) in [5.41, 5.74) is 2.91. The third kappa shape index (κ3) is 3.35. The molecule has 16 heavy (non-hydrogen) atoms. The Hall–Kier alpha value is -0.810. The van der Waals surface area contributed by atoms with Crippen LogP contribution in [0.2, 0.25) is 0 Å². The number of hydrogen-bond donors (Lipinski definition) is 3. The van der Waals surface area contributed by atoms with Gasteiger partial charge >= 0.3 is 0 Å². The molecule has 2 fully saturated rings. The monoisotopic (exact) mass is 226 g/mol. The number of aliphatic imine (C=N–C) groups is 1. The van der Waals surface area contributed by atoms with Gasteiger partial charge in [0.25, 0.3) is 0 Å². The van der Waals surface area contributed by atoms with Crippen LogP contribution in [-0.4, -0.2) is 31.8 Å². The van der Waals surface area contributed by atoms with Crippen LogP contribution in [0.1, 0.15) is 32.6 Å². The number of hydrogen-bond acceptors (Lipinski definition) is 3. The zero-order valence-corrected chi connectivity index (χ0v) is 9.96. The van der Waals surface area contributed by atoms with Crippen LogP contribution in [0.15, 0.2) is 4.99 Å². The quantitative estimate of drug-likeness (QED) is 0.281. The zero-order valence-electron chi connectivity index (χ0n) is 9.96. The van der Waals surface area contributed by atoms with E-state index < -0.39 is 0 Å². The summed E-state index contributed by atoms with van der Waals surface area (Å²) in [6.45, 7) is 4.79. The molecule has 1 aliphatic carbocycles. The summed E-state index contributed by atoms with van der Waals surface area (Å²) in [5, 5.41) is 3.28. The van der Waals surface area contributed by atoms with Gasteiger partial charge in [0.05, 0.1) is 0 Å². The van der Waals surface area contributed by atoms with Gasteiger partial charge in [-0.2, -0.15) is 0 Å². The number of guanidine groups is 1. The number of nitrogens with zero attached hydrogens (tertiary/aromatic N) is 1. The first-order chi connectivity index (χ1) is 7.72. The van der Waals surface area contributed by atoms with Crippen LogP contribution >= 0.6 is 0 Å². The maximum Gasteiger partial charge on any atom is 0.205 e. The molecule has 0 amide bonds. The number of nitrogens with one attached hydrogen (secondary N) is 2. The van der Waals surface area contributed by atoms with Crippen LogP contribution in [0.3, 0.4) is 0 Å². The van der Waals surface area contributed by atoms with Gasteiger partial charge in [-0.25, -0.2) is 5.84 Å². The lowest BCUT2D eigenvalue weighted by atomic mass is 9.83. The minimum absolute atomic E-state index is 0.269. The molecule has 5 nitrogen and oxygen atoms in total. The van der Waals surface area contributed by atoms with Gasteiger partial charge in [0.1, 0.15) is 0 Å². The highest BCUT2D eigenvalue weighted by atomic mass is 16.5. The predicted molar refractivity (Wildman–Crippen MR) is 63.9 cm³/mol. The van der Waals surface area contributed by atoms with Crippen LogP contribution in [0.5, 0.6) is 0 Å². The maximum atomic E-state index is 5.44. The molecule has 0 bridgehead atoms. The summed E-state index contributed by atoms with van der Waals surface area (Å²) in [5.74, 6) is 6.17. The Bertz CT molecular complexity index is 257. The lowest BCUT2D eigenvalue weighted by Gasteiger charge is -2.32. The second kappa shape index (κ2) is 5.01. The summed E-state index contributed by atoms with van der Waals surface area (Å²) < 4.78 is 5.37. The molecule has 4 N–H and O–H groups in total. The summed E-state index contributed by atoms with van der Waals surface area (Å²) in [6, 6.07) is 0.581. The van der Waals surface area contributed by atoms with Crippen LogP contribution < -0.4 is 16.6 Å². The average Bonchev–Trinajstić information content (AvgIpc) is 3.09. The molecule has 1 saturated heterocycles. The molecule has 1 aliphatic heterocycles. The fourth-order valence-electron chi connectivity index (χ4n) is 1.85. The van der Waals surface area contributed by atoms with Crippen molar-refractivity contribution >= 4 is 5.96 Å². The van der Waals surface area contributed by atoms with E-state index in [1.165, 1.54) is 12.8 Å². The van der Waals surface area contributed by atoms with E-state index in [4.69, 9.17) is 10.6 Å². The molecule has 5 heteroatoms. The van der Waals surface area contributed by atoms with Gasteiger partial charge in [-0.3, -0.25) is 10.4 Å². The van der Waals surface area contributed by atoms with E-state index in [2.05, 4.69) is 22.7 Å². The van der Waals surface area contributed by atoms with Crippen molar-refractivity contribution in [2.45, 2.75) is 38.6 Å². The summed E-state index contributed by atoms with van der Waals surface area (Å²) in [7, 11) is 0. The molecule has 0 atom stereocenters. The van der Waals surface area contributed by atoms with Crippen molar-refractivity contribution in [3.8, 4) is 0 Å². The maximum absolute atomic E-state index is 5.44. The largest absolute Gasteiger partial charge is 0.381 e. The van der Waals surface area contributed by atoms with Crippen molar-refractivity contribution in [1.29, 1.82) is 0 Å². The number of ether oxygens (including phenoxy) is 1. The third-order valence-electron chi connectivity index (χ3n) is 3.37. The van der Waals surface area contributed by atoms with Gasteiger partial charge in [-0.15, -0.1) is 0 Å². The van der Waals surface area contributed by atoms with E-state index in [0.29, 0.717) is 6.04 Å². The predicted octanol–water partition coefficient (Wildman–Crippen LogP) is 0.374. The smallest absolute Gasteiger partial charge is 0.205 e. The molecular weight excluding hydrogens is 204 g/mol. The van der Waals surface area contributed by atoms with Gasteiger partial charge < -0.3 is 10.1 Å². The molecule has 0 unspecified atom stereocenters. The van der Waals surface area contributed by atoms with E-state index in [1.54, 1.807) is 0 Å². The number of nitrogens with two attached hydrogens (primary N) is 1. The zero-order chi connectivity index (χ0) is 11.4. The van der Waals surface area contributed by atoms with Gasteiger partial charge in [0.2, 0.25) is 5.96 Å². The Morgan fingerprint density at radius 2 is 2.12 bits per heavy atom. The van der Waals surface area contributed by atoms with E-state index >= 15 is 0 Å². The molecule has 0 aromatic rings. The van der Waals surface area contributed by atoms with Crippen molar-refractivity contribution in [2.75, 3.05) is 19.8 Å². The van der Waals surface area contributed by atoms with Crippen molar-refractivity contribution in [2.24, 2.45) is 16.3 Å². The fourth-order valence-corrected chi connectivity index (χ4v) is 1.85. The van der Waals surface area contributed by atoms with Gasteiger partial charge in [-0.05, 0) is 31.1 Å². The second-order valence-corrected chi connectivity index (χ2v) is 5.15. The third-order valence-corrected chi connectivity index (χ3v) is 3.37. The van der Waals surface area contributed by atoms with Crippen molar-refractivity contribution in [3.63, 3.8) is 0 Å². The SMILES string of the molecule is CC1(CN=C(NN)NC2CC2)CCOCC1. The van der Waals surface area contributed by atoms with Gasteiger partial charge in [-0.1, -0.05) is 6.92 Å². The highest BCUT2D eigenvalue weighted by Gasteiger charge is 2.27. The molecule has 0 radical (unpaired) electrons. The van der Waals surface area contributed by atoms with E-state index in [0.717, 1.165) is 38.6 Å². The first kappa shape index (κ1) is 11.7.